The van der Waals surface area contributed by atoms with Crippen molar-refractivity contribution in [2.45, 2.75) is 32.4 Å². The van der Waals surface area contributed by atoms with Gasteiger partial charge in [-0.3, -0.25) is 0 Å². The number of halogens is 1. The maximum atomic E-state index is 12.6. The average Bonchev–Trinajstić information content (AvgIpc) is 3.32. The number of ether oxygens (including phenoxy) is 1. The topological polar surface area (TPSA) is 71.5 Å². The van der Waals surface area contributed by atoms with E-state index in [2.05, 4.69) is 26.2 Å². The minimum absolute atomic E-state index is 0.155. The van der Waals surface area contributed by atoms with Gasteiger partial charge < -0.3 is 15.0 Å². The van der Waals surface area contributed by atoms with Crippen LogP contribution in [0.3, 0.4) is 0 Å². The zero-order valence-electron chi connectivity index (χ0n) is 13.7. The molecule has 6 nitrogen and oxygen atoms in total. The van der Waals surface area contributed by atoms with E-state index in [0.717, 1.165) is 28.0 Å². The highest BCUT2D eigenvalue weighted by Crippen LogP contribution is 2.30. The molecular formula is C17H18BrN3O3S. The zero-order valence-corrected chi connectivity index (χ0v) is 16.1. The first-order chi connectivity index (χ1) is 12.1. The third-order valence-corrected chi connectivity index (χ3v) is 5.05. The molecule has 132 valence electrons. The maximum absolute atomic E-state index is 12.6. The van der Waals surface area contributed by atoms with Crippen LogP contribution in [0.4, 0.5) is 10.5 Å². The van der Waals surface area contributed by atoms with Crippen LogP contribution >= 0.6 is 27.3 Å². The number of nitrogens with one attached hydrogen (secondary N) is 1. The Labute approximate surface area is 158 Å². The minimum Gasteiger partial charge on any atom is -0.461 e. The Kier molecular flexibility index (Phi) is 5.70. The van der Waals surface area contributed by atoms with E-state index >= 15 is 0 Å². The number of carbonyl (C=O) groups excluding carboxylic acids is 2. The van der Waals surface area contributed by atoms with E-state index in [1.54, 1.807) is 17.2 Å². The van der Waals surface area contributed by atoms with Crippen molar-refractivity contribution in [2.75, 3.05) is 11.9 Å². The number of hydrogen-bond acceptors (Lipinski definition) is 5. The van der Waals surface area contributed by atoms with Crippen LogP contribution in [0.25, 0.3) is 0 Å². The van der Waals surface area contributed by atoms with Gasteiger partial charge in [0.25, 0.3) is 0 Å². The molecule has 25 heavy (non-hydrogen) atoms. The maximum Gasteiger partial charge on any atom is 0.357 e. The number of rotatable bonds is 6. The lowest BCUT2D eigenvalue weighted by Crippen LogP contribution is -2.36. The van der Waals surface area contributed by atoms with Crippen molar-refractivity contribution >= 4 is 45.0 Å². The summed E-state index contributed by atoms with van der Waals surface area (Å²) in [5.41, 5.74) is 1.04. The first kappa shape index (κ1) is 17.9. The van der Waals surface area contributed by atoms with Crippen molar-refractivity contribution in [1.29, 1.82) is 0 Å². The summed E-state index contributed by atoms with van der Waals surface area (Å²) in [7, 11) is 0. The third kappa shape index (κ3) is 4.79. The van der Waals surface area contributed by atoms with Gasteiger partial charge in [-0.25, -0.2) is 14.6 Å². The van der Waals surface area contributed by atoms with Crippen molar-refractivity contribution in [2.24, 2.45) is 0 Å². The number of carbonyl (C=O) groups is 2. The summed E-state index contributed by atoms with van der Waals surface area (Å²) in [5, 5.41) is 5.31. The molecule has 1 heterocycles. The normalized spacial score (nSPS) is 13.4. The molecule has 1 aliphatic rings. The molecule has 2 aromatic rings. The number of anilines is 1. The highest BCUT2D eigenvalue weighted by atomic mass is 79.9. The fourth-order valence-corrected chi connectivity index (χ4v) is 3.34. The van der Waals surface area contributed by atoms with E-state index < -0.39 is 5.97 Å². The van der Waals surface area contributed by atoms with Crippen LogP contribution in [0.15, 0.2) is 34.1 Å². The van der Waals surface area contributed by atoms with Gasteiger partial charge >= 0.3 is 12.0 Å². The van der Waals surface area contributed by atoms with Crippen LogP contribution in [0.2, 0.25) is 0 Å². The van der Waals surface area contributed by atoms with Crippen molar-refractivity contribution < 1.29 is 14.3 Å². The molecule has 8 heteroatoms. The molecule has 0 bridgehead atoms. The molecule has 1 aromatic carbocycles. The van der Waals surface area contributed by atoms with Crippen molar-refractivity contribution in [1.82, 2.24) is 9.88 Å². The molecule has 1 aromatic heterocycles. The first-order valence-corrected chi connectivity index (χ1v) is 9.68. The largest absolute Gasteiger partial charge is 0.461 e. The van der Waals surface area contributed by atoms with E-state index in [-0.39, 0.29) is 12.1 Å². The number of nitrogens with zero attached hydrogens (tertiary/aromatic N) is 2. The molecule has 0 spiro atoms. The second-order valence-corrected chi connectivity index (χ2v) is 7.50. The second kappa shape index (κ2) is 7.97. The van der Waals surface area contributed by atoms with Crippen LogP contribution in [-0.4, -0.2) is 34.5 Å². The average molecular weight is 424 g/mol. The van der Waals surface area contributed by atoms with Gasteiger partial charge in [-0.1, -0.05) is 15.9 Å². The molecule has 0 saturated heterocycles. The Hall–Kier alpha value is -1.93. The molecule has 2 amide bonds. The second-order valence-electron chi connectivity index (χ2n) is 5.64. The quantitative estimate of drug-likeness (QED) is 0.703. The fourth-order valence-electron chi connectivity index (χ4n) is 2.31. The molecule has 1 N–H and O–H groups in total. The van der Waals surface area contributed by atoms with E-state index in [0.29, 0.717) is 18.8 Å². The predicted octanol–water partition coefficient (Wildman–Crippen LogP) is 4.28. The van der Waals surface area contributed by atoms with E-state index in [4.69, 9.17) is 4.74 Å². The van der Waals surface area contributed by atoms with Gasteiger partial charge in [0.1, 0.15) is 5.01 Å². The first-order valence-electron chi connectivity index (χ1n) is 8.01. The zero-order chi connectivity index (χ0) is 17.8. The lowest BCUT2D eigenvalue weighted by atomic mass is 10.3. The van der Waals surface area contributed by atoms with Crippen LogP contribution in [0, 0.1) is 0 Å². The Morgan fingerprint density at radius 3 is 2.72 bits per heavy atom. The highest BCUT2D eigenvalue weighted by molar-refractivity contribution is 9.10. The number of urea groups is 1. The number of benzene rings is 1. The van der Waals surface area contributed by atoms with Gasteiger partial charge in [0.05, 0.1) is 13.2 Å². The van der Waals surface area contributed by atoms with Crippen molar-refractivity contribution in [3.8, 4) is 0 Å². The van der Waals surface area contributed by atoms with Crippen LogP contribution in [0.5, 0.6) is 0 Å². The Morgan fingerprint density at radius 1 is 1.36 bits per heavy atom. The van der Waals surface area contributed by atoms with Crippen molar-refractivity contribution in [3.63, 3.8) is 0 Å². The molecular weight excluding hydrogens is 406 g/mol. The van der Waals surface area contributed by atoms with Gasteiger partial charge in [0.2, 0.25) is 0 Å². The molecule has 0 unspecified atom stereocenters. The fraction of sp³-hybridized carbons (Fsp3) is 0.353. The predicted molar refractivity (Wildman–Crippen MR) is 99.8 cm³/mol. The number of thiazole rings is 1. The van der Waals surface area contributed by atoms with Crippen LogP contribution in [-0.2, 0) is 11.3 Å². The summed E-state index contributed by atoms with van der Waals surface area (Å²) < 4.78 is 5.91. The monoisotopic (exact) mass is 423 g/mol. The van der Waals surface area contributed by atoms with E-state index in [9.17, 15) is 9.59 Å². The van der Waals surface area contributed by atoms with Crippen LogP contribution in [0.1, 0.15) is 35.3 Å². The minimum atomic E-state index is -0.428. The summed E-state index contributed by atoms with van der Waals surface area (Å²) in [5.74, 6) is -0.428. The van der Waals surface area contributed by atoms with E-state index in [1.807, 2.05) is 24.3 Å². The van der Waals surface area contributed by atoms with Crippen molar-refractivity contribution in [3.05, 3.63) is 44.8 Å². The van der Waals surface area contributed by atoms with Gasteiger partial charge in [0.15, 0.2) is 5.69 Å². The molecule has 0 radical (unpaired) electrons. The molecule has 0 aliphatic heterocycles. The summed E-state index contributed by atoms with van der Waals surface area (Å²) in [6.45, 7) is 2.46. The lowest BCUT2D eigenvalue weighted by molar-refractivity contribution is 0.0520. The van der Waals surface area contributed by atoms with Gasteiger partial charge in [0, 0.05) is 21.6 Å². The number of amides is 2. The Morgan fingerprint density at radius 2 is 2.08 bits per heavy atom. The number of hydrogen-bond donors (Lipinski definition) is 1. The molecule has 3 rings (SSSR count). The number of esters is 1. The summed E-state index contributed by atoms with van der Waals surface area (Å²) >= 11 is 4.74. The molecule has 1 saturated carbocycles. The lowest BCUT2D eigenvalue weighted by Gasteiger charge is -2.21. The molecule has 1 aliphatic carbocycles. The van der Waals surface area contributed by atoms with Crippen LogP contribution < -0.4 is 5.32 Å². The molecule has 1 fully saturated rings. The smallest absolute Gasteiger partial charge is 0.357 e. The Balaban J connectivity index is 1.66. The van der Waals surface area contributed by atoms with Gasteiger partial charge in [-0.2, -0.15) is 0 Å². The van der Waals surface area contributed by atoms with E-state index in [1.165, 1.54) is 11.3 Å². The molecule has 0 atom stereocenters. The summed E-state index contributed by atoms with van der Waals surface area (Å²) in [6.07, 6.45) is 1.98. The highest BCUT2D eigenvalue weighted by Gasteiger charge is 2.33. The number of aromatic nitrogens is 1. The SMILES string of the molecule is CCOC(=O)c1csc(CN(C(=O)Nc2ccc(Br)cc2)C2CC2)n1. The Bertz CT molecular complexity index is 759. The van der Waals surface area contributed by atoms with Gasteiger partial charge in [-0.05, 0) is 44.0 Å². The standard InChI is InChI=1S/C17H18BrN3O3S/c1-2-24-16(22)14-10-25-15(20-14)9-21(13-7-8-13)17(23)19-12-5-3-11(18)4-6-12/h3-6,10,13H,2,7-9H2,1H3,(H,19,23). The van der Waals surface area contributed by atoms with Gasteiger partial charge in [-0.15, -0.1) is 11.3 Å². The summed E-state index contributed by atoms with van der Waals surface area (Å²) in [6, 6.07) is 7.51. The third-order valence-electron chi connectivity index (χ3n) is 3.69. The summed E-state index contributed by atoms with van der Waals surface area (Å²) in [4.78, 5) is 30.4.